The zero-order valence-corrected chi connectivity index (χ0v) is 10.8. The van der Waals surface area contributed by atoms with Gasteiger partial charge in [0, 0.05) is 24.7 Å². The zero-order chi connectivity index (χ0) is 11.1. The van der Waals surface area contributed by atoms with Crippen LogP contribution in [0.2, 0.25) is 0 Å². The Morgan fingerprint density at radius 1 is 1.20 bits per heavy atom. The van der Waals surface area contributed by atoms with Crippen molar-refractivity contribution in [3.05, 3.63) is 0 Å². The molecule has 2 aliphatic heterocycles. The summed E-state index contributed by atoms with van der Waals surface area (Å²) in [4.78, 5) is 5.37. The van der Waals surface area contributed by atoms with E-state index in [1.807, 2.05) is 0 Å². The Labute approximate surface area is 94.6 Å². The monoisotopic (exact) mass is 210 g/mol. The van der Waals surface area contributed by atoms with Crippen LogP contribution in [-0.4, -0.2) is 47.6 Å². The van der Waals surface area contributed by atoms with Gasteiger partial charge in [-0.2, -0.15) is 0 Å². The van der Waals surface area contributed by atoms with E-state index in [1.165, 1.54) is 39.0 Å². The molecule has 2 aliphatic rings. The zero-order valence-electron chi connectivity index (χ0n) is 10.8. The smallest absolute Gasteiger partial charge is 0.0268 e. The van der Waals surface area contributed by atoms with Gasteiger partial charge in [0.1, 0.15) is 0 Å². The molecule has 2 rings (SSSR count). The summed E-state index contributed by atoms with van der Waals surface area (Å²) in [5.74, 6) is 0.943. The van der Waals surface area contributed by atoms with Gasteiger partial charge in [0.25, 0.3) is 0 Å². The lowest BCUT2D eigenvalue weighted by Crippen LogP contribution is -2.54. The van der Waals surface area contributed by atoms with Crippen LogP contribution in [0.4, 0.5) is 0 Å². The van der Waals surface area contributed by atoms with E-state index in [1.54, 1.807) is 0 Å². The minimum atomic E-state index is 0.354. The molecule has 0 radical (unpaired) electrons. The number of piperidine rings is 1. The molecule has 2 nitrogen and oxygen atoms in total. The van der Waals surface area contributed by atoms with Gasteiger partial charge in [0.2, 0.25) is 0 Å². The first-order valence-corrected chi connectivity index (χ1v) is 6.51. The van der Waals surface area contributed by atoms with Gasteiger partial charge in [0.15, 0.2) is 0 Å². The normalized spacial score (nSPS) is 34.4. The van der Waals surface area contributed by atoms with Crippen molar-refractivity contribution >= 4 is 0 Å². The van der Waals surface area contributed by atoms with Crippen molar-refractivity contribution in [2.24, 2.45) is 5.92 Å². The van der Waals surface area contributed by atoms with E-state index < -0.39 is 0 Å². The maximum absolute atomic E-state index is 2.75. The summed E-state index contributed by atoms with van der Waals surface area (Å²) >= 11 is 0. The summed E-state index contributed by atoms with van der Waals surface area (Å²) in [5.41, 5.74) is 0.354. The Balaban J connectivity index is 2.08. The van der Waals surface area contributed by atoms with Crippen LogP contribution in [0.15, 0.2) is 0 Å². The molecule has 15 heavy (non-hydrogen) atoms. The van der Waals surface area contributed by atoms with E-state index in [4.69, 9.17) is 0 Å². The van der Waals surface area contributed by atoms with E-state index in [0.29, 0.717) is 5.54 Å². The molecule has 88 valence electrons. The molecule has 2 heteroatoms. The van der Waals surface area contributed by atoms with Gasteiger partial charge in [0.05, 0.1) is 0 Å². The Kier molecular flexibility index (Phi) is 3.09. The van der Waals surface area contributed by atoms with Crippen molar-refractivity contribution in [3.8, 4) is 0 Å². The van der Waals surface area contributed by atoms with Crippen molar-refractivity contribution in [1.29, 1.82) is 0 Å². The molecular weight excluding hydrogens is 184 g/mol. The van der Waals surface area contributed by atoms with Crippen molar-refractivity contribution in [2.45, 2.75) is 52.1 Å². The van der Waals surface area contributed by atoms with E-state index in [0.717, 1.165) is 12.0 Å². The van der Waals surface area contributed by atoms with E-state index in [2.05, 4.69) is 37.5 Å². The highest BCUT2D eigenvalue weighted by atomic mass is 15.3. The molecule has 0 aliphatic carbocycles. The fourth-order valence-electron chi connectivity index (χ4n) is 3.36. The summed E-state index contributed by atoms with van der Waals surface area (Å²) in [7, 11) is 0. The maximum atomic E-state index is 2.75. The number of hydrogen-bond acceptors (Lipinski definition) is 2. The van der Waals surface area contributed by atoms with Gasteiger partial charge in [-0.3, -0.25) is 4.90 Å². The summed E-state index contributed by atoms with van der Waals surface area (Å²) in [6.45, 7) is 14.6. The van der Waals surface area contributed by atoms with Crippen LogP contribution in [0.1, 0.15) is 40.5 Å². The molecule has 0 spiro atoms. The summed E-state index contributed by atoms with van der Waals surface area (Å²) in [5, 5.41) is 0. The topological polar surface area (TPSA) is 6.48 Å². The Morgan fingerprint density at radius 2 is 1.93 bits per heavy atom. The number of hydrogen-bond donors (Lipinski definition) is 0. The fourth-order valence-corrected chi connectivity index (χ4v) is 3.36. The van der Waals surface area contributed by atoms with Crippen LogP contribution >= 0.6 is 0 Å². The van der Waals surface area contributed by atoms with Gasteiger partial charge in [-0.15, -0.1) is 0 Å². The Bertz CT molecular complexity index is 219. The number of likely N-dealkylation sites (tertiary alicyclic amines) is 2. The summed E-state index contributed by atoms with van der Waals surface area (Å²) in [6.07, 6.45) is 2.85. The van der Waals surface area contributed by atoms with Gasteiger partial charge in [-0.25, -0.2) is 0 Å². The lowest BCUT2D eigenvalue weighted by molar-refractivity contribution is 0.0367. The van der Waals surface area contributed by atoms with Crippen LogP contribution in [0.5, 0.6) is 0 Å². The predicted molar refractivity (Wildman–Crippen MR) is 65.1 cm³/mol. The van der Waals surface area contributed by atoms with Crippen molar-refractivity contribution in [3.63, 3.8) is 0 Å². The highest BCUT2D eigenvalue weighted by Gasteiger charge is 2.41. The minimum absolute atomic E-state index is 0.354. The Morgan fingerprint density at radius 3 is 2.53 bits per heavy atom. The molecule has 2 unspecified atom stereocenters. The maximum Gasteiger partial charge on any atom is 0.0268 e. The highest BCUT2D eigenvalue weighted by molar-refractivity contribution is 4.97. The van der Waals surface area contributed by atoms with Crippen LogP contribution in [0, 0.1) is 5.92 Å². The second-order valence-corrected chi connectivity index (χ2v) is 6.19. The van der Waals surface area contributed by atoms with Crippen LogP contribution in [-0.2, 0) is 0 Å². The molecule has 0 bridgehead atoms. The first kappa shape index (κ1) is 11.4. The van der Waals surface area contributed by atoms with Gasteiger partial charge in [-0.05, 0) is 52.6 Å². The third-order valence-corrected chi connectivity index (χ3v) is 4.17. The summed E-state index contributed by atoms with van der Waals surface area (Å²) in [6, 6.07) is 0.832. The van der Waals surface area contributed by atoms with Crippen LogP contribution in [0.3, 0.4) is 0 Å². The number of nitrogens with zero attached hydrogens (tertiary/aromatic N) is 2. The lowest BCUT2D eigenvalue weighted by Gasteiger charge is -2.45. The van der Waals surface area contributed by atoms with Crippen molar-refractivity contribution < 1.29 is 0 Å². The third kappa shape index (κ3) is 2.21. The second-order valence-electron chi connectivity index (χ2n) is 6.19. The molecule has 0 aromatic rings. The van der Waals surface area contributed by atoms with Crippen LogP contribution < -0.4 is 0 Å². The quantitative estimate of drug-likeness (QED) is 0.654. The van der Waals surface area contributed by atoms with E-state index >= 15 is 0 Å². The molecule has 2 atom stereocenters. The van der Waals surface area contributed by atoms with Gasteiger partial charge < -0.3 is 4.90 Å². The molecule has 0 amide bonds. The number of likely N-dealkylation sites (N-methyl/N-ethyl adjacent to an activating group) is 1. The van der Waals surface area contributed by atoms with Crippen molar-refractivity contribution in [2.75, 3.05) is 26.2 Å². The average molecular weight is 210 g/mol. The van der Waals surface area contributed by atoms with Crippen LogP contribution in [0.25, 0.3) is 0 Å². The third-order valence-electron chi connectivity index (χ3n) is 4.17. The molecule has 2 saturated heterocycles. The Hall–Kier alpha value is -0.0800. The first-order chi connectivity index (χ1) is 7.02. The number of fused-ring (bicyclic) bond motifs is 1. The largest absolute Gasteiger partial charge is 0.302 e. The molecule has 0 aromatic carbocycles. The number of rotatable bonds is 1. The SMILES string of the molecule is CCN1CC2CCCN(C(C)(C)C)C2C1. The van der Waals surface area contributed by atoms with E-state index in [9.17, 15) is 0 Å². The highest BCUT2D eigenvalue weighted by Crippen LogP contribution is 2.34. The van der Waals surface area contributed by atoms with Gasteiger partial charge >= 0.3 is 0 Å². The average Bonchev–Trinajstić information content (AvgIpc) is 2.57. The fraction of sp³-hybridized carbons (Fsp3) is 1.00. The first-order valence-electron chi connectivity index (χ1n) is 6.51. The van der Waals surface area contributed by atoms with Crippen molar-refractivity contribution in [1.82, 2.24) is 9.80 Å². The standard InChI is InChI=1S/C13H26N2/c1-5-14-9-11-7-6-8-15(12(11)10-14)13(2,3)4/h11-12H,5-10H2,1-4H3. The molecule has 0 N–H and O–H groups in total. The van der Waals surface area contributed by atoms with E-state index in [-0.39, 0.29) is 0 Å². The lowest BCUT2D eigenvalue weighted by atomic mass is 9.88. The summed E-state index contributed by atoms with van der Waals surface area (Å²) < 4.78 is 0. The minimum Gasteiger partial charge on any atom is -0.302 e. The molecule has 2 fully saturated rings. The molecule has 2 heterocycles. The molecule has 0 saturated carbocycles. The second kappa shape index (κ2) is 4.06. The predicted octanol–water partition coefficient (Wildman–Crippen LogP) is 2.20. The van der Waals surface area contributed by atoms with Gasteiger partial charge in [-0.1, -0.05) is 6.92 Å². The molecular formula is C13H26N2. The molecule has 0 aromatic heterocycles.